The lowest BCUT2D eigenvalue weighted by molar-refractivity contribution is -0.0198. The van der Waals surface area contributed by atoms with Crippen molar-refractivity contribution in [3.8, 4) is 0 Å². The topological polar surface area (TPSA) is 122 Å². The third kappa shape index (κ3) is 4.70. The molecule has 1 aliphatic rings. The monoisotopic (exact) mass is 395 g/mol. The summed E-state index contributed by atoms with van der Waals surface area (Å²) >= 11 is 0. The Balaban J connectivity index is 2.30. The molecule has 27 heavy (non-hydrogen) atoms. The van der Waals surface area contributed by atoms with Crippen LogP contribution >= 0.6 is 0 Å². The fraction of sp³-hybridized carbons (Fsp3) is 0.765. The summed E-state index contributed by atoms with van der Waals surface area (Å²) in [4.78, 5) is 29.1. The molecule has 0 aliphatic carbocycles. The molecule has 0 amide bonds. The van der Waals surface area contributed by atoms with Crippen molar-refractivity contribution < 1.29 is 9.16 Å². The standard InChI is InChI=1S/C17H29N5O4Si/c1-7-12-13(26-27(5,6)17(2,3)4)8-14(25-12)22-10-11(9-19-21-18)15(23)20-16(22)24/h10,12-14H,7-9H2,1-6H3,(H,20,23,24)/t12-,13+,14-/m1/s1. The highest BCUT2D eigenvalue weighted by Gasteiger charge is 2.44. The minimum atomic E-state index is -1.99. The van der Waals surface area contributed by atoms with Crippen molar-refractivity contribution in [3.63, 3.8) is 0 Å². The fourth-order valence-electron chi connectivity index (χ4n) is 2.87. The Morgan fingerprint density at radius 1 is 1.44 bits per heavy atom. The minimum absolute atomic E-state index is 0.0701. The van der Waals surface area contributed by atoms with Gasteiger partial charge in [0.25, 0.3) is 5.56 Å². The van der Waals surface area contributed by atoms with Crippen molar-refractivity contribution in [1.29, 1.82) is 0 Å². The molecular formula is C17H29N5O4Si. The van der Waals surface area contributed by atoms with E-state index in [9.17, 15) is 9.59 Å². The molecule has 1 aromatic rings. The molecule has 0 aromatic carbocycles. The molecular weight excluding hydrogens is 366 g/mol. The maximum atomic E-state index is 12.3. The molecule has 2 heterocycles. The first-order chi connectivity index (χ1) is 12.5. The average molecular weight is 396 g/mol. The highest BCUT2D eigenvalue weighted by atomic mass is 28.4. The van der Waals surface area contributed by atoms with Crippen molar-refractivity contribution in [3.05, 3.63) is 43.0 Å². The summed E-state index contributed by atoms with van der Waals surface area (Å²) in [6.45, 7) is 12.8. The number of aromatic nitrogens is 2. The number of ether oxygens (including phenoxy) is 1. The second kappa shape index (κ2) is 8.01. The third-order valence-corrected chi connectivity index (χ3v) is 10.00. The average Bonchev–Trinajstić information content (AvgIpc) is 2.95. The zero-order chi connectivity index (χ0) is 20.4. The lowest BCUT2D eigenvalue weighted by Gasteiger charge is -2.39. The van der Waals surface area contributed by atoms with Crippen LogP contribution in [0.2, 0.25) is 18.1 Å². The Kier molecular flexibility index (Phi) is 6.36. The van der Waals surface area contributed by atoms with E-state index in [0.29, 0.717) is 6.42 Å². The number of H-pyrrole nitrogens is 1. The Hall–Kier alpha value is -1.87. The summed E-state index contributed by atoms with van der Waals surface area (Å²) in [7, 11) is -1.99. The number of nitrogens with zero attached hydrogens (tertiary/aromatic N) is 4. The Morgan fingerprint density at radius 3 is 2.67 bits per heavy atom. The first-order valence-electron chi connectivity index (χ1n) is 9.18. The van der Waals surface area contributed by atoms with Gasteiger partial charge < -0.3 is 9.16 Å². The van der Waals surface area contributed by atoms with Gasteiger partial charge in [0.2, 0.25) is 0 Å². The van der Waals surface area contributed by atoms with E-state index in [4.69, 9.17) is 14.7 Å². The molecule has 1 N–H and O–H groups in total. The Morgan fingerprint density at radius 2 is 2.11 bits per heavy atom. The maximum Gasteiger partial charge on any atom is 0.330 e. The highest BCUT2D eigenvalue weighted by Crippen LogP contribution is 2.41. The lowest BCUT2D eigenvalue weighted by atomic mass is 10.1. The minimum Gasteiger partial charge on any atom is -0.411 e. The van der Waals surface area contributed by atoms with Gasteiger partial charge in [-0.25, -0.2) is 4.79 Å². The lowest BCUT2D eigenvalue weighted by Crippen LogP contribution is -2.45. The summed E-state index contributed by atoms with van der Waals surface area (Å²) < 4.78 is 14.0. The van der Waals surface area contributed by atoms with Crippen LogP contribution in [0.3, 0.4) is 0 Å². The van der Waals surface area contributed by atoms with Crippen molar-refractivity contribution in [2.45, 2.75) is 83.6 Å². The number of aromatic amines is 1. The summed E-state index contributed by atoms with van der Waals surface area (Å²) in [5.74, 6) is 0. The van der Waals surface area contributed by atoms with E-state index < -0.39 is 25.8 Å². The molecule has 1 aliphatic heterocycles. The predicted molar refractivity (Wildman–Crippen MR) is 105 cm³/mol. The molecule has 3 atom stereocenters. The van der Waals surface area contributed by atoms with Crippen LogP contribution in [0, 0.1) is 0 Å². The van der Waals surface area contributed by atoms with Crippen molar-refractivity contribution >= 4 is 8.32 Å². The van der Waals surface area contributed by atoms with Gasteiger partial charge in [-0.05, 0) is 30.1 Å². The number of nitrogens with one attached hydrogen (secondary N) is 1. The molecule has 9 nitrogen and oxygen atoms in total. The quantitative estimate of drug-likeness (QED) is 0.343. The number of rotatable bonds is 6. The van der Waals surface area contributed by atoms with Crippen LogP contribution < -0.4 is 11.2 Å². The van der Waals surface area contributed by atoms with E-state index in [-0.39, 0.29) is 29.4 Å². The van der Waals surface area contributed by atoms with Crippen LogP contribution in [0.5, 0.6) is 0 Å². The maximum absolute atomic E-state index is 12.3. The normalized spacial score (nSPS) is 23.3. The van der Waals surface area contributed by atoms with Crippen LogP contribution in [0.15, 0.2) is 20.9 Å². The van der Waals surface area contributed by atoms with E-state index >= 15 is 0 Å². The van der Waals surface area contributed by atoms with Crippen LogP contribution in [0.1, 0.15) is 52.3 Å². The van der Waals surface area contributed by atoms with Crippen LogP contribution in [-0.2, 0) is 15.7 Å². The second-order valence-electron chi connectivity index (χ2n) is 8.40. The molecule has 0 spiro atoms. The van der Waals surface area contributed by atoms with Gasteiger partial charge in [0.15, 0.2) is 8.32 Å². The molecule has 0 bridgehead atoms. The van der Waals surface area contributed by atoms with Gasteiger partial charge in [0.1, 0.15) is 6.23 Å². The molecule has 0 saturated carbocycles. The van der Waals surface area contributed by atoms with Crippen molar-refractivity contribution in [2.24, 2.45) is 5.11 Å². The Labute approximate surface area is 159 Å². The summed E-state index contributed by atoms with van der Waals surface area (Å²) in [6, 6.07) is 0. The molecule has 1 saturated heterocycles. The number of hydrogen-bond donors (Lipinski definition) is 1. The molecule has 0 radical (unpaired) electrons. The van der Waals surface area contributed by atoms with E-state index in [1.54, 1.807) is 0 Å². The zero-order valence-electron chi connectivity index (χ0n) is 16.9. The molecule has 1 aromatic heterocycles. The van der Waals surface area contributed by atoms with Crippen molar-refractivity contribution in [1.82, 2.24) is 9.55 Å². The highest BCUT2D eigenvalue weighted by molar-refractivity contribution is 6.74. The van der Waals surface area contributed by atoms with E-state index in [1.165, 1.54) is 10.8 Å². The number of azide groups is 1. The second-order valence-corrected chi connectivity index (χ2v) is 13.2. The van der Waals surface area contributed by atoms with Crippen LogP contribution in [0.4, 0.5) is 0 Å². The van der Waals surface area contributed by atoms with Gasteiger partial charge >= 0.3 is 5.69 Å². The van der Waals surface area contributed by atoms with Gasteiger partial charge in [-0.1, -0.05) is 32.8 Å². The smallest absolute Gasteiger partial charge is 0.330 e. The van der Waals surface area contributed by atoms with Gasteiger partial charge in [-0.2, -0.15) is 0 Å². The van der Waals surface area contributed by atoms with Gasteiger partial charge in [-0.15, -0.1) is 0 Å². The summed E-state index contributed by atoms with van der Waals surface area (Å²) in [6.07, 6.45) is 1.95. The SMILES string of the molecule is CC[C@H]1O[C@@H](n2cc(CN=[N+]=[N-])c(=O)[nH]c2=O)C[C@@H]1O[Si](C)(C)C(C)(C)C. The predicted octanol–water partition coefficient (Wildman–Crippen LogP) is 3.43. The third-order valence-electron chi connectivity index (χ3n) is 5.49. The molecule has 1 fully saturated rings. The number of hydrogen-bond acceptors (Lipinski definition) is 5. The van der Waals surface area contributed by atoms with E-state index in [1.807, 2.05) is 6.92 Å². The summed E-state index contributed by atoms with van der Waals surface area (Å²) in [5.41, 5.74) is 7.59. The fourth-order valence-corrected chi connectivity index (χ4v) is 4.23. The van der Waals surface area contributed by atoms with E-state index in [0.717, 1.165) is 6.42 Å². The van der Waals surface area contributed by atoms with E-state index in [2.05, 4.69) is 48.9 Å². The molecule has 150 valence electrons. The molecule has 2 rings (SSSR count). The van der Waals surface area contributed by atoms with Crippen molar-refractivity contribution in [2.75, 3.05) is 0 Å². The zero-order valence-corrected chi connectivity index (χ0v) is 17.9. The largest absolute Gasteiger partial charge is 0.411 e. The summed E-state index contributed by atoms with van der Waals surface area (Å²) in [5, 5.41) is 3.48. The van der Waals surface area contributed by atoms with Gasteiger partial charge in [0.05, 0.1) is 18.8 Å². The Bertz CT molecular complexity index is 835. The first-order valence-corrected chi connectivity index (χ1v) is 12.1. The van der Waals surface area contributed by atoms with Crippen LogP contribution in [0.25, 0.3) is 10.4 Å². The van der Waals surface area contributed by atoms with Gasteiger partial charge in [0, 0.05) is 23.1 Å². The van der Waals surface area contributed by atoms with Crippen LogP contribution in [-0.4, -0.2) is 30.1 Å². The molecule has 10 heteroatoms. The first kappa shape index (κ1) is 21.4. The van der Waals surface area contributed by atoms with Gasteiger partial charge in [-0.3, -0.25) is 14.3 Å². The molecule has 0 unspecified atom stereocenters.